The molecule has 0 atom stereocenters. The molecule has 2 rings (SSSR count). The average Bonchev–Trinajstić information content (AvgIpc) is 2.43. The number of aryl methyl sites for hydroxylation is 3. The molecule has 0 heterocycles. The van der Waals surface area contributed by atoms with E-state index in [1.807, 2.05) is 39.0 Å². The number of rotatable bonds is 6. The van der Waals surface area contributed by atoms with Crippen LogP contribution < -0.4 is 10.1 Å². The first-order valence-corrected chi connectivity index (χ1v) is 7.24. The SMILES string of the molecule is Cc1cc(C)cc(OCCNc2ccc(C)cc2C(=O)O)c1. The number of ether oxygens (including phenoxy) is 1. The minimum atomic E-state index is -0.929. The standard InChI is InChI=1S/C18H21NO3/c1-12-4-5-17(16(11-12)18(20)21)19-6-7-22-15-9-13(2)8-14(3)10-15/h4-5,8-11,19H,6-7H2,1-3H3,(H,20,21). The molecule has 0 saturated heterocycles. The largest absolute Gasteiger partial charge is 0.492 e. The summed E-state index contributed by atoms with van der Waals surface area (Å²) in [6, 6.07) is 11.4. The van der Waals surface area contributed by atoms with Crippen molar-refractivity contribution in [2.45, 2.75) is 20.8 Å². The lowest BCUT2D eigenvalue weighted by Crippen LogP contribution is -2.14. The number of hydrogen-bond acceptors (Lipinski definition) is 3. The second-order valence-electron chi connectivity index (χ2n) is 5.45. The molecule has 0 spiro atoms. The number of hydrogen-bond donors (Lipinski definition) is 2. The summed E-state index contributed by atoms with van der Waals surface area (Å²) in [6.07, 6.45) is 0. The summed E-state index contributed by atoms with van der Waals surface area (Å²) in [5.41, 5.74) is 4.15. The molecule has 0 aliphatic rings. The molecule has 0 bridgehead atoms. The van der Waals surface area contributed by atoms with Crippen molar-refractivity contribution in [1.82, 2.24) is 0 Å². The minimum Gasteiger partial charge on any atom is -0.492 e. The smallest absolute Gasteiger partial charge is 0.337 e. The first-order chi connectivity index (χ1) is 10.5. The lowest BCUT2D eigenvalue weighted by atomic mass is 10.1. The molecule has 0 fully saturated rings. The van der Waals surface area contributed by atoms with Crippen LogP contribution in [0, 0.1) is 20.8 Å². The van der Waals surface area contributed by atoms with Gasteiger partial charge in [0.25, 0.3) is 0 Å². The molecule has 0 aromatic heterocycles. The second-order valence-corrected chi connectivity index (χ2v) is 5.45. The van der Waals surface area contributed by atoms with Crippen molar-refractivity contribution in [3.8, 4) is 5.75 Å². The van der Waals surface area contributed by atoms with E-state index in [1.54, 1.807) is 12.1 Å². The molecular weight excluding hydrogens is 278 g/mol. The van der Waals surface area contributed by atoms with E-state index >= 15 is 0 Å². The highest BCUT2D eigenvalue weighted by Gasteiger charge is 2.09. The Morgan fingerprint density at radius 1 is 1.05 bits per heavy atom. The molecule has 2 aromatic carbocycles. The molecule has 0 amide bonds. The molecule has 116 valence electrons. The minimum absolute atomic E-state index is 0.284. The third-order valence-electron chi connectivity index (χ3n) is 3.29. The quantitative estimate of drug-likeness (QED) is 0.797. The van der Waals surface area contributed by atoms with Crippen molar-refractivity contribution in [3.63, 3.8) is 0 Å². The fourth-order valence-electron chi connectivity index (χ4n) is 2.36. The average molecular weight is 299 g/mol. The van der Waals surface area contributed by atoms with Gasteiger partial charge in [0.1, 0.15) is 12.4 Å². The highest BCUT2D eigenvalue weighted by atomic mass is 16.5. The van der Waals surface area contributed by atoms with Gasteiger partial charge in [-0.1, -0.05) is 17.7 Å². The van der Waals surface area contributed by atoms with Crippen LogP contribution in [0.1, 0.15) is 27.0 Å². The van der Waals surface area contributed by atoms with Crippen molar-refractivity contribution >= 4 is 11.7 Å². The fourth-order valence-corrected chi connectivity index (χ4v) is 2.36. The Morgan fingerprint density at radius 3 is 2.36 bits per heavy atom. The van der Waals surface area contributed by atoms with Gasteiger partial charge in [-0.2, -0.15) is 0 Å². The molecule has 4 heteroatoms. The maximum absolute atomic E-state index is 11.2. The predicted octanol–water partition coefficient (Wildman–Crippen LogP) is 3.80. The van der Waals surface area contributed by atoms with Gasteiger partial charge in [-0.15, -0.1) is 0 Å². The van der Waals surface area contributed by atoms with E-state index < -0.39 is 5.97 Å². The van der Waals surface area contributed by atoms with Gasteiger partial charge in [0.05, 0.1) is 5.56 Å². The van der Waals surface area contributed by atoms with Crippen molar-refractivity contribution in [2.24, 2.45) is 0 Å². The van der Waals surface area contributed by atoms with Crippen molar-refractivity contribution in [1.29, 1.82) is 0 Å². The first kappa shape index (κ1) is 15.9. The van der Waals surface area contributed by atoms with Crippen LogP contribution in [0.3, 0.4) is 0 Å². The van der Waals surface area contributed by atoms with E-state index in [-0.39, 0.29) is 5.56 Å². The molecule has 4 nitrogen and oxygen atoms in total. The van der Waals surface area contributed by atoms with Crippen LogP contribution >= 0.6 is 0 Å². The highest BCUT2D eigenvalue weighted by Crippen LogP contribution is 2.18. The molecule has 0 aliphatic heterocycles. The summed E-state index contributed by atoms with van der Waals surface area (Å²) in [6.45, 7) is 6.94. The Hall–Kier alpha value is -2.49. The first-order valence-electron chi connectivity index (χ1n) is 7.24. The maximum atomic E-state index is 11.2. The van der Waals surface area contributed by atoms with Crippen LogP contribution in [0.15, 0.2) is 36.4 Å². The Labute approximate surface area is 130 Å². The van der Waals surface area contributed by atoms with Gasteiger partial charge in [-0.25, -0.2) is 4.79 Å². The third-order valence-corrected chi connectivity index (χ3v) is 3.29. The van der Waals surface area contributed by atoms with Crippen molar-refractivity contribution < 1.29 is 14.6 Å². The molecular formula is C18H21NO3. The van der Waals surface area contributed by atoms with Gasteiger partial charge in [-0.3, -0.25) is 0 Å². The van der Waals surface area contributed by atoms with E-state index in [9.17, 15) is 9.90 Å². The maximum Gasteiger partial charge on any atom is 0.337 e. The Bertz CT molecular complexity index is 660. The summed E-state index contributed by atoms with van der Waals surface area (Å²) < 4.78 is 5.70. The van der Waals surface area contributed by atoms with Crippen LogP contribution in [0.25, 0.3) is 0 Å². The van der Waals surface area contributed by atoms with Gasteiger partial charge in [-0.05, 0) is 56.2 Å². The van der Waals surface area contributed by atoms with Crippen molar-refractivity contribution in [2.75, 3.05) is 18.5 Å². The lowest BCUT2D eigenvalue weighted by Gasteiger charge is -2.12. The summed E-state index contributed by atoms with van der Waals surface area (Å²) in [4.78, 5) is 11.2. The predicted molar refractivity (Wildman–Crippen MR) is 88.0 cm³/mol. The number of carbonyl (C=O) groups is 1. The second kappa shape index (κ2) is 6.98. The summed E-state index contributed by atoms with van der Waals surface area (Å²) in [7, 11) is 0. The third kappa shape index (κ3) is 4.25. The lowest BCUT2D eigenvalue weighted by molar-refractivity contribution is 0.0697. The zero-order valence-electron chi connectivity index (χ0n) is 13.1. The number of carboxylic acid groups (broad SMARTS) is 1. The topological polar surface area (TPSA) is 58.6 Å². The van der Waals surface area contributed by atoms with Gasteiger partial charge >= 0.3 is 5.97 Å². The molecule has 2 aromatic rings. The Balaban J connectivity index is 1.93. The van der Waals surface area contributed by atoms with E-state index in [0.717, 1.165) is 22.4 Å². The van der Waals surface area contributed by atoms with E-state index in [2.05, 4.69) is 11.4 Å². The van der Waals surface area contributed by atoms with E-state index in [0.29, 0.717) is 18.8 Å². The molecule has 2 N–H and O–H groups in total. The van der Waals surface area contributed by atoms with Crippen LogP contribution in [0.5, 0.6) is 5.75 Å². The highest BCUT2D eigenvalue weighted by molar-refractivity contribution is 5.94. The number of carboxylic acids is 1. The zero-order valence-corrected chi connectivity index (χ0v) is 13.1. The number of nitrogens with one attached hydrogen (secondary N) is 1. The van der Waals surface area contributed by atoms with E-state index in [4.69, 9.17) is 4.74 Å². The number of anilines is 1. The van der Waals surface area contributed by atoms with Crippen LogP contribution in [0.4, 0.5) is 5.69 Å². The molecule has 22 heavy (non-hydrogen) atoms. The summed E-state index contributed by atoms with van der Waals surface area (Å²) in [5, 5.41) is 12.3. The molecule has 0 unspecified atom stereocenters. The monoisotopic (exact) mass is 299 g/mol. The summed E-state index contributed by atoms with van der Waals surface area (Å²) in [5.74, 6) is -0.0944. The molecule has 0 aliphatic carbocycles. The van der Waals surface area contributed by atoms with Gasteiger partial charge in [0.15, 0.2) is 0 Å². The Kier molecular flexibility index (Phi) is 5.04. The van der Waals surface area contributed by atoms with Crippen LogP contribution in [0.2, 0.25) is 0 Å². The van der Waals surface area contributed by atoms with Gasteiger partial charge in [0, 0.05) is 12.2 Å². The molecule has 0 radical (unpaired) electrons. The van der Waals surface area contributed by atoms with Crippen LogP contribution in [-0.4, -0.2) is 24.2 Å². The van der Waals surface area contributed by atoms with Crippen molar-refractivity contribution in [3.05, 3.63) is 58.7 Å². The summed E-state index contributed by atoms with van der Waals surface area (Å²) >= 11 is 0. The fraction of sp³-hybridized carbons (Fsp3) is 0.278. The molecule has 0 saturated carbocycles. The number of aromatic carboxylic acids is 1. The van der Waals surface area contributed by atoms with Crippen LogP contribution in [-0.2, 0) is 0 Å². The number of benzene rings is 2. The Morgan fingerprint density at radius 2 is 1.73 bits per heavy atom. The van der Waals surface area contributed by atoms with Gasteiger partial charge in [0.2, 0.25) is 0 Å². The van der Waals surface area contributed by atoms with Gasteiger partial charge < -0.3 is 15.2 Å². The zero-order chi connectivity index (χ0) is 16.1. The normalized spacial score (nSPS) is 10.3. The van der Waals surface area contributed by atoms with E-state index in [1.165, 1.54) is 0 Å².